The van der Waals surface area contributed by atoms with Gasteiger partial charge in [-0.15, -0.1) is 5.10 Å². The summed E-state index contributed by atoms with van der Waals surface area (Å²) in [7, 11) is 0. The molecule has 0 spiro atoms. The van der Waals surface area contributed by atoms with Crippen molar-refractivity contribution in [1.29, 1.82) is 0 Å². The van der Waals surface area contributed by atoms with Gasteiger partial charge < -0.3 is 0 Å². The third-order valence-corrected chi connectivity index (χ3v) is 1.39. The van der Waals surface area contributed by atoms with E-state index in [1.165, 1.54) is 6.20 Å². The lowest BCUT2D eigenvalue weighted by Crippen LogP contribution is -1.94. The third kappa shape index (κ3) is 1.17. The van der Waals surface area contributed by atoms with E-state index in [-0.39, 0.29) is 11.2 Å². The summed E-state index contributed by atoms with van der Waals surface area (Å²) in [4.78, 5) is 20.5. The second-order valence-corrected chi connectivity index (χ2v) is 2.05. The van der Waals surface area contributed by atoms with Crippen LogP contribution in [0.5, 0.6) is 0 Å². The Morgan fingerprint density at radius 1 is 1.78 bits per heavy atom. The molecule has 0 saturated heterocycles. The molecule has 0 N–H and O–H groups in total. The molecule has 0 aliphatic heterocycles. The van der Waals surface area contributed by atoms with Gasteiger partial charge in [-0.1, -0.05) is 4.49 Å². The summed E-state index contributed by atoms with van der Waals surface area (Å²) in [6.45, 7) is 0. The van der Waals surface area contributed by atoms with Gasteiger partial charge in [-0.05, 0) is 11.5 Å². The molecule has 0 unspecified atom stereocenters. The molecule has 0 atom stereocenters. The lowest BCUT2D eigenvalue weighted by atomic mass is 10.4. The predicted molar refractivity (Wildman–Crippen MR) is 30.3 cm³/mol. The molecule has 9 heavy (non-hydrogen) atoms. The van der Waals surface area contributed by atoms with Crippen LogP contribution in [0.3, 0.4) is 0 Å². The van der Waals surface area contributed by atoms with Crippen molar-refractivity contribution in [1.82, 2.24) is 9.59 Å². The Hall–Kier alpha value is -1.10. The molecule has 0 radical (unpaired) electrons. The normalized spacial score (nSPS) is 8.89. The van der Waals surface area contributed by atoms with E-state index in [1.807, 2.05) is 0 Å². The van der Waals surface area contributed by atoms with Gasteiger partial charge in [-0.25, -0.2) is 0 Å². The number of Topliss-reactive ketones (excluding diaryl/α,β-unsaturated/α-hetero) is 1. The standard InChI is InChI=1S/C4H2N2O2S/c7-2-3(8)4-1-5-6-9-4/h1-2H. The van der Waals surface area contributed by atoms with Gasteiger partial charge in [0.05, 0.1) is 6.20 Å². The maximum Gasteiger partial charge on any atom is 0.238 e. The Morgan fingerprint density at radius 3 is 3.00 bits per heavy atom. The fourth-order valence-corrected chi connectivity index (χ4v) is 0.748. The number of rotatable bonds is 2. The Balaban J connectivity index is 2.89. The summed E-state index contributed by atoms with van der Waals surface area (Å²) >= 11 is 0.914. The summed E-state index contributed by atoms with van der Waals surface area (Å²) < 4.78 is 3.40. The molecule has 0 aliphatic rings. The van der Waals surface area contributed by atoms with E-state index < -0.39 is 5.78 Å². The maximum absolute atomic E-state index is 10.4. The first-order chi connectivity index (χ1) is 4.34. The lowest BCUT2D eigenvalue weighted by molar-refractivity contribution is -0.104. The van der Waals surface area contributed by atoms with Gasteiger partial charge in [0.2, 0.25) is 5.78 Å². The van der Waals surface area contributed by atoms with Crippen molar-refractivity contribution in [3.05, 3.63) is 11.1 Å². The Morgan fingerprint density at radius 2 is 2.56 bits per heavy atom. The van der Waals surface area contributed by atoms with Crippen molar-refractivity contribution >= 4 is 23.6 Å². The number of carbonyl (C=O) groups excluding carboxylic acids is 2. The van der Waals surface area contributed by atoms with Crippen LogP contribution in [0.1, 0.15) is 9.67 Å². The number of hydrogen-bond donors (Lipinski definition) is 0. The van der Waals surface area contributed by atoms with Gasteiger partial charge in [-0.2, -0.15) is 0 Å². The third-order valence-electron chi connectivity index (χ3n) is 0.711. The molecule has 1 aromatic rings. The molecule has 1 aromatic heterocycles. The number of aldehydes is 1. The van der Waals surface area contributed by atoms with Crippen LogP contribution in [0.25, 0.3) is 0 Å². The summed E-state index contributed by atoms with van der Waals surface area (Å²) in [5, 5.41) is 3.38. The molecule has 5 heteroatoms. The van der Waals surface area contributed by atoms with Gasteiger partial charge in [0.1, 0.15) is 4.88 Å². The van der Waals surface area contributed by atoms with Crippen LogP contribution in [0.2, 0.25) is 0 Å². The average molecular weight is 142 g/mol. The van der Waals surface area contributed by atoms with Crippen LogP contribution in [-0.4, -0.2) is 21.7 Å². The van der Waals surface area contributed by atoms with Gasteiger partial charge in [-0.3, -0.25) is 9.59 Å². The van der Waals surface area contributed by atoms with E-state index in [2.05, 4.69) is 9.59 Å². The van der Waals surface area contributed by atoms with Crippen molar-refractivity contribution in [2.45, 2.75) is 0 Å². The van der Waals surface area contributed by atoms with Crippen molar-refractivity contribution in [2.24, 2.45) is 0 Å². The van der Waals surface area contributed by atoms with Gasteiger partial charge in [0.15, 0.2) is 6.29 Å². The monoisotopic (exact) mass is 142 g/mol. The van der Waals surface area contributed by atoms with E-state index in [9.17, 15) is 9.59 Å². The number of ketones is 1. The fraction of sp³-hybridized carbons (Fsp3) is 0. The molecular formula is C4H2N2O2S. The summed E-state index contributed by atoms with van der Waals surface area (Å²) in [5.41, 5.74) is 0. The SMILES string of the molecule is O=CC(=O)c1cnns1. The van der Waals surface area contributed by atoms with Crippen LogP contribution in [-0.2, 0) is 4.79 Å². The van der Waals surface area contributed by atoms with Crippen molar-refractivity contribution < 1.29 is 9.59 Å². The van der Waals surface area contributed by atoms with E-state index in [0.717, 1.165) is 11.5 Å². The van der Waals surface area contributed by atoms with Crippen molar-refractivity contribution in [2.75, 3.05) is 0 Å². The molecule has 0 aromatic carbocycles. The Kier molecular flexibility index (Phi) is 1.64. The molecule has 0 bridgehead atoms. The molecule has 0 fully saturated rings. The van der Waals surface area contributed by atoms with E-state index in [4.69, 9.17) is 0 Å². The molecule has 0 aliphatic carbocycles. The van der Waals surface area contributed by atoms with E-state index in [0.29, 0.717) is 0 Å². The van der Waals surface area contributed by atoms with Gasteiger partial charge in [0, 0.05) is 0 Å². The maximum atomic E-state index is 10.4. The molecule has 1 heterocycles. The highest BCUT2D eigenvalue weighted by atomic mass is 32.1. The van der Waals surface area contributed by atoms with Crippen molar-refractivity contribution in [3.8, 4) is 0 Å². The number of carbonyl (C=O) groups is 2. The second-order valence-electron chi connectivity index (χ2n) is 1.26. The predicted octanol–water partition coefficient (Wildman–Crippen LogP) is -0.0803. The van der Waals surface area contributed by atoms with Crippen LogP contribution < -0.4 is 0 Å². The highest BCUT2D eigenvalue weighted by Gasteiger charge is 2.04. The molecule has 0 amide bonds. The molecular weight excluding hydrogens is 140 g/mol. The molecule has 1 rings (SSSR count). The minimum atomic E-state index is -0.565. The molecule has 4 nitrogen and oxygen atoms in total. The van der Waals surface area contributed by atoms with Crippen LogP contribution in [0.15, 0.2) is 6.20 Å². The zero-order valence-electron chi connectivity index (χ0n) is 4.27. The zero-order valence-corrected chi connectivity index (χ0v) is 5.09. The quantitative estimate of drug-likeness (QED) is 0.329. The fourth-order valence-electron chi connectivity index (χ4n) is 0.334. The van der Waals surface area contributed by atoms with Crippen molar-refractivity contribution in [3.63, 3.8) is 0 Å². The van der Waals surface area contributed by atoms with Crippen LogP contribution >= 0.6 is 11.5 Å². The Bertz CT molecular complexity index is 218. The number of hydrogen-bond acceptors (Lipinski definition) is 5. The minimum Gasteiger partial charge on any atom is -0.294 e. The average Bonchev–Trinajstić information content (AvgIpc) is 2.37. The number of nitrogens with zero attached hydrogens (tertiary/aromatic N) is 2. The first-order valence-corrected chi connectivity index (χ1v) is 2.89. The lowest BCUT2D eigenvalue weighted by Gasteiger charge is -1.75. The summed E-state index contributed by atoms with van der Waals surface area (Å²) in [6, 6.07) is 0. The van der Waals surface area contributed by atoms with Crippen LogP contribution in [0.4, 0.5) is 0 Å². The molecule has 0 saturated carbocycles. The first-order valence-electron chi connectivity index (χ1n) is 2.11. The zero-order chi connectivity index (χ0) is 6.69. The van der Waals surface area contributed by atoms with Gasteiger partial charge >= 0.3 is 0 Å². The Labute approximate surface area is 54.7 Å². The highest BCUT2D eigenvalue weighted by molar-refractivity contribution is 7.08. The topological polar surface area (TPSA) is 59.9 Å². The molecule has 46 valence electrons. The summed E-state index contributed by atoms with van der Waals surface area (Å²) in [6.07, 6.45) is 1.51. The minimum absolute atomic E-state index is 0.245. The van der Waals surface area contributed by atoms with Crippen LogP contribution in [0, 0.1) is 0 Å². The van der Waals surface area contributed by atoms with Gasteiger partial charge in [0.25, 0.3) is 0 Å². The smallest absolute Gasteiger partial charge is 0.238 e. The van der Waals surface area contributed by atoms with E-state index >= 15 is 0 Å². The highest BCUT2D eigenvalue weighted by Crippen LogP contribution is 2.00. The first kappa shape index (κ1) is 6.03. The van der Waals surface area contributed by atoms with E-state index in [1.54, 1.807) is 0 Å². The second kappa shape index (κ2) is 2.45. The number of aromatic nitrogens is 2. The largest absolute Gasteiger partial charge is 0.294 e. The summed E-state index contributed by atoms with van der Waals surface area (Å²) in [5.74, 6) is -0.565.